The molecule has 3 amide bonds. The van der Waals surface area contributed by atoms with Gasteiger partial charge < -0.3 is 14.8 Å². The Bertz CT molecular complexity index is 486. The van der Waals surface area contributed by atoms with Crippen LogP contribution in [-0.4, -0.2) is 31.8 Å². The molecule has 1 aromatic carbocycles. The summed E-state index contributed by atoms with van der Waals surface area (Å²) in [5.41, 5.74) is 4.90. The molecule has 108 valence electrons. The monoisotopic (exact) mass is 281 g/mol. The number of rotatable bonds is 3. The number of hydrogen-bond donors (Lipinski definition) is 3. The Balaban J connectivity index is 2.50. The van der Waals surface area contributed by atoms with Crippen molar-refractivity contribution in [1.29, 1.82) is 0 Å². The lowest BCUT2D eigenvalue weighted by molar-refractivity contribution is 0.0526. The van der Waals surface area contributed by atoms with E-state index in [0.717, 1.165) is 0 Å². The minimum Gasteiger partial charge on any atom is -0.462 e. The molecule has 3 N–H and O–H groups in total. The van der Waals surface area contributed by atoms with Crippen LogP contribution in [0.15, 0.2) is 24.3 Å². The van der Waals surface area contributed by atoms with Crippen molar-refractivity contribution in [2.75, 3.05) is 19.0 Å². The molecular weight excluding hydrogens is 266 g/mol. The van der Waals surface area contributed by atoms with Crippen LogP contribution >= 0.6 is 0 Å². The lowest BCUT2D eigenvalue weighted by Gasteiger charge is -2.08. The van der Waals surface area contributed by atoms with Gasteiger partial charge in [0.2, 0.25) is 0 Å². The molecule has 0 aliphatic rings. The molecule has 0 saturated carbocycles. The van der Waals surface area contributed by atoms with Crippen LogP contribution in [0.3, 0.4) is 0 Å². The van der Waals surface area contributed by atoms with Crippen molar-refractivity contribution in [2.45, 2.75) is 6.92 Å². The summed E-state index contributed by atoms with van der Waals surface area (Å²) in [6.45, 7) is 2.01. The molecule has 0 fully saturated rings. The summed E-state index contributed by atoms with van der Waals surface area (Å²) in [6.07, 6.45) is -0.794. The van der Waals surface area contributed by atoms with Crippen molar-refractivity contribution in [3.8, 4) is 0 Å². The molecule has 8 heteroatoms. The summed E-state index contributed by atoms with van der Waals surface area (Å²) in [7, 11) is 1.17. The maximum Gasteiger partial charge on any atom is 0.425 e. The second-order valence-electron chi connectivity index (χ2n) is 3.49. The van der Waals surface area contributed by atoms with Gasteiger partial charge in [-0.15, -0.1) is 0 Å². The summed E-state index contributed by atoms with van der Waals surface area (Å²) in [5, 5.41) is 2.45. The molecule has 8 nitrogen and oxygen atoms in total. The molecule has 1 aromatic rings. The van der Waals surface area contributed by atoms with E-state index in [-0.39, 0.29) is 0 Å². The van der Waals surface area contributed by atoms with E-state index in [1.54, 1.807) is 6.92 Å². The highest BCUT2D eigenvalue weighted by atomic mass is 16.5. The quantitative estimate of drug-likeness (QED) is 0.571. The summed E-state index contributed by atoms with van der Waals surface area (Å²) < 4.78 is 9.10. The first-order valence-corrected chi connectivity index (χ1v) is 5.75. The lowest BCUT2D eigenvalue weighted by Crippen LogP contribution is -2.43. The smallest absolute Gasteiger partial charge is 0.425 e. The van der Waals surface area contributed by atoms with Gasteiger partial charge >= 0.3 is 18.1 Å². The number of hydrazine groups is 1. The van der Waals surface area contributed by atoms with Crippen molar-refractivity contribution in [1.82, 2.24) is 10.9 Å². The number of ether oxygens (including phenoxy) is 2. The number of benzene rings is 1. The van der Waals surface area contributed by atoms with Crippen molar-refractivity contribution >= 4 is 23.8 Å². The van der Waals surface area contributed by atoms with Crippen molar-refractivity contribution in [3.05, 3.63) is 29.8 Å². The standard InChI is InChI=1S/C12H15N3O5/c1-3-20-10(16)8-4-6-9(7-5-8)13-11(17)14-15-12(18)19-2/h4-7H,3H2,1-2H3,(H,15,18)(H2,13,14,17). The van der Waals surface area contributed by atoms with Crippen LogP contribution in [0.5, 0.6) is 0 Å². The van der Waals surface area contributed by atoms with E-state index >= 15 is 0 Å². The van der Waals surface area contributed by atoms with Gasteiger partial charge in [0, 0.05) is 5.69 Å². The van der Waals surface area contributed by atoms with Crippen LogP contribution < -0.4 is 16.2 Å². The van der Waals surface area contributed by atoms with Gasteiger partial charge in [-0.25, -0.2) is 25.2 Å². The molecule has 0 radical (unpaired) electrons. The normalized spacial score (nSPS) is 9.30. The minimum atomic E-state index is -0.794. The Hall–Kier alpha value is -2.77. The van der Waals surface area contributed by atoms with Gasteiger partial charge in [-0.2, -0.15) is 0 Å². The van der Waals surface area contributed by atoms with Gasteiger partial charge in [0.15, 0.2) is 0 Å². The van der Waals surface area contributed by atoms with E-state index in [2.05, 4.69) is 15.5 Å². The van der Waals surface area contributed by atoms with E-state index in [4.69, 9.17) is 4.74 Å². The molecule has 1 rings (SSSR count). The minimum absolute atomic E-state index is 0.292. The molecule has 0 bridgehead atoms. The Morgan fingerprint density at radius 2 is 1.75 bits per heavy atom. The Labute approximate surface area is 115 Å². The van der Waals surface area contributed by atoms with Gasteiger partial charge in [0.1, 0.15) is 0 Å². The number of carbonyl (C=O) groups excluding carboxylic acids is 3. The summed E-state index contributed by atoms with van der Waals surface area (Å²) in [6, 6.07) is 5.44. The predicted octanol–water partition coefficient (Wildman–Crippen LogP) is 1.26. The molecule has 0 saturated heterocycles. The third-order valence-corrected chi connectivity index (χ3v) is 2.12. The van der Waals surface area contributed by atoms with Crippen LogP contribution in [0.25, 0.3) is 0 Å². The number of nitrogens with one attached hydrogen (secondary N) is 3. The van der Waals surface area contributed by atoms with Crippen LogP contribution in [-0.2, 0) is 9.47 Å². The molecule has 0 unspecified atom stereocenters. The van der Waals surface area contributed by atoms with Crippen molar-refractivity contribution in [2.24, 2.45) is 0 Å². The maximum absolute atomic E-state index is 11.4. The topological polar surface area (TPSA) is 106 Å². The Morgan fingerprint density at radius 1 is 1.10 bits per heavy atom. The SMILES string of the molecule is CCOC(=O)c1ccc(NC(=O)NNC(=O)OC)cc1. The van der Waals surface area contributed by atoms with E-state index in [0.29, 0.717) is 17.9 Å². The zero-order chi connectivity index (χ0) is 15.0. The third-order valence-electron chi connectivity index (χ3n) is 2.12. The van der Waals surface area contributed by atoms with Gasteiger partial charge in [-0.05, 0) is 31.2 Å². The molecular formula is C12H15N3O5. The first-order chi connectivity index (χ1) is 9.56. The molecule has 0 spiro atoms. The van der Waals surface area contributed by atoms with Crippen LogP contribution in [0.4, 0.5) is 15.3 Å². The van der Waals surface area contributed by atoms with Gasteiger partial charge in [-0.1, -0.05) is 0 Å². The summed E-state index contributed by atoms with van der Waals surface area (Å²) >= 11 is 0. The van der Waals surface area contributed by atoms with E-state index in [9.17, 15) is 14.4 Å². The lowest BCUT2D eigenvalue weighted by atomic mass is 10.2. The first kappa shape index (κ1) is 15.3. The van der Waals surface area contributed by atoms with E-state index in [1.807, 2.05) is 5.43 Å². The number of amides is 3. The van der Waals surface area contributed by atoms with Crippen molar-refractivity contribution in [3.63, 3.8) is 0 Å². The molecule has 0 atom stereocenters. The Morgan fingerprint density at radius 3 is 2.30 bits per heavy atom. The number of esters is 1. The zero-order valence-corrected chi connectivity index (χ0v) is 11.1. The largest absolute Gasteiger partial charge is 0.462 e. The van der Waals surface area contributed by atoms with E-state index < -0.39 is 18.1 Å². The molecule has 0 aromatic heterocycles. The average Bonchev–Trinajstić information content (AvgIpc) is 2.45. The third kappa shape index (κ3) is 4.84. The second-order valence-corrected chi connectivity index (χ2v) is 3.49. The molecule has 20 heavy (non-hydrogen) atoms. The fourth-order valence-electron chi connectivity index (χ4n) is 1.23. The summed E-state index contributed by atoms with van der Waals surface area (Å²) in [5.74, 6) is -0.434. The maximum atomic E-state index is 11.4. The highest BCUT2D eigenvalue weighted by Crippen LogP contribution is 2.10. The fraction of sp³-hybridized carbons (Fsp3) is 0.250. The molecule has 0 aliphatic heterocycles. The van der Waals surface area contributed by atoms with Gasteiger partial charge in [0.25, 0.3) is 0 Å². The zero-order valence-electron chi connectivity index (χ0n) is 11.1. The predicted molar refractivity (Wildman–Crippen MR) is 70.1 cm³/mol. The number of urea groups is 1. The van der Waals surface area contributed by atoms with Crippen LogP contribution in [0, 0.1) is 0 Å². The van der Waals surface area contributed by atoms with E-state index in [1.165, 1.54) is 31.4 Å². The van der Waals surface area contributed by atoms with Crippen LogP contribution in [0.2, 0.25) is 0 Å². The van der Waals surface area contributed by atoms with Crippen LogP contribution in [0.1, 0.15) is 17.3 Å². The number of carbonyl (C=O) groups is 3. The molecule has 0 aliphatic carbocycles. The highest BCUT2D eigenvalue weighted by molar-refractivity contribution is 5.92. The van der Waals surface area contributed by atoms with Gasteiger partial charge in [0.05, 0.1) is 19.3 Å². The number of hydrogen-bond acceptors (Lipinski definition) is 5. The molecule has 0 heterocycles. The number of methoxy groups -OCH3 is 1. The van der Waals surface area contributed by atoms with Gasteiger partial charge in [-0.3, -0.25) is 0 Å². The number of anilines is 1. The average molecular weight is 281 g/mol. The Kier molecular flexibility index (Phi) is 5.82. The second kappa shape index (κ2) is 7.62. The fourth-order valence-corrected chi connectivity index (χ4v) is 1.23. The van der Waals surface area contributed by atoms with Crippen molar-refractivity contribution < 1.29 is 23.9 Å². The first-order valence-electron chi connectivity index (χ1n) is 5.75. The summed E-state index contributed by atoms with van der Waals surface area (Å²) in [4.78, 5) is 33.5. The highest BCUT2D eigenvalue weighted by Gasteiger charge is 2.07.